The number of carbonyl (C=O) groups is 1. The first kappa shape index (κ1) is 20.9. The van der Waals surface area contributed by atoms with Gasteiger partial charge < -0.3 is 14.3 Å². The highest BCUT2D eigenvalue weighted by Crippen LogP contribution is 2.27. The van der Waals surface area contributed by atoms with Crippen LogP contribution in [0.15, 0.2) is 51.9 Å². The van der Waals surface area contributed by atoms with E-state index >= 15 is 0 Å². The molecule has 0 bridgehead atoms. The number of hydrogen-bond acceptors (Lipinski definition) is 6. The van der Waals surface area contributed by atoms with Crippen LogP contribution in [0, 0.1) is 18.3 Å². The second kappa shape index (κ2) is 9.14. The standard InChI is InChI=1S/C23H22N2O5/c1-3-4-10-29-17-8-5-7-16(12-17)21(26)20-15(2)19(13-24)22(27)25(23(20)28)14-18-9-6-11-30-18/h5-9,11-12,28H,3-4,10,14H2,1-2H3. The summed E-state index contributed by atoms with van der Waals surface area (Å²) in [6, 6.07) is 11.8. The van der Waals surface area contributed by atoms with Crippen molar-refractivity contribution >= 4 is 5.78 Å². The van der Waals surface area contributed by atoms with E-state index in [1.54, 1.807) is 36.4 Å². The average Bonchev–Trinajstić information content (AvgIpc) is 3.25. The minimum Gasteiger partial charge on any atom is -0.494 e. The van der Waals surface area contributed by atoms with E-state index in [1.165, 1.54) is 13.2 Å². The number of aromatic nitrogens is 1. The van der Waals surface area contributed by atoms with Crippen molar-refractivity contribution in [3.05, 3.63) is 81.0 Å². The van der Waals surface area contributed by atoms with Gasteiger partial charge in [0.25, 0.3) is 5.56 Å². The van der Waals surface area contributed by atoms with Gasteiger partial charge in [0.15, 0.2) is 5.78 Å². The monoisotopic (exact) mass is 406 g/mol. The zero-order valence-electron chi connectivity index (χ0n) is 16.8. The Kier molecular flexibility index (Phi) is 6.38. The third-order valence-electron chi connectivity index (χ3n) is 4.78. The number of furan rings is 1. The predicted octanol–water partition coefficient (Wildman–Crippen LogP) is 3.79. The highest BCUT2D eigenvalue weighted by atomic mass is 16.5. The first-order valence-electron chi connectivity index (χ1n) is 9.64. The van der Waals surface area contributed by atoms with E-state index in [1.807, 2.05) is 6.07 Å². The number of ether oxygens (including phenoxy) is 1. The number of nitriles is 1. The molecular weight excluding hydrogens is 384 g/mol. The summed E-state index contributed by atoms with van der Waals surface area (Å²) in [5.41, 5.74) is -0.550. The Balaban J connectivity index is 2.07. The first-order chi connectivity index (χ1) is 14.5. The number of carbonyl (C=O) groups excluding carboxylic acids is 1. The Morgan fingerprint density at radius 3 is 2.77 bits per heavy atom. The van der Waals surface area contributed by atoms with Gasteiger partial charge in [-0.05, 0) is 43.2 Å². The van der Waals surface area contributed by atoms with E-state index in [-0.39, 0.29) is 28.8 Å². The third-order valence-corrected chi connectivity index (χ3v) is 4.78. The Labute approximate surface area is 173 Å². The fraction of sp³-hybridized carbons (Fsp3) is 0.261. The predicted molar refractivity (Wildman–Crippen MR) is 110 cm³/mol. The number of rotatable bonds is 8. The van der Waals surface area contributed by atoms with E-state index in [4.69, 9.17) is 9.15 Å². The lowest BCUT2D eigenvalue weighted by molar-refractivity contribution is 0.103. The Morgan fingerprint density at radius 1 is 1.30 bits per heavy atom. The van der Waals surface area contributed by atoms with Crippen molar-refractivity contribution in [3.8, 4) is 17.7 Å². The summed E-state index contributed by atoms with van der Waals surface area (Å²) >= 11 is 0. The molecule has 0 spiro atoms. The molecule has 2 heterocycles. The van der Waals surface area contributed by atoms with Gasteiger partial charge in [-0.25, -0.2) is 0 Å². The van der Waals surface area contributed by atoms with Crippen LogP contribution in [-0.4, -0.2) is 22.1 Å². The van der Waals surface area contributed by atoms with Gasteiger partial charge in [0.1, 0.15) is 23.1 Å². The zero-order chi connectivity index (χ0) is 21.7. The lowest BCUT2D eigenvalue weighted by atomic mass is 9.97. The maximum Gasteiger partial charge on any atom is 0.271 e. The molecule has 1 aromatic carbocycles. The van der Waals surface area contributed by atoms with Crippen molar-refractivity contribution in [2.45, 2.75) is 33.2 Å². The molecule has 30 heavy (non-hydrogen) atoms. The van der Waals surface area contributed by atoms with Crippen molar-refractivity contribution in [3.63, 3.8) is 0 Å². The topological polar surface area (TPSA) is 105 Å². The van der Waals surface area contributed by atoms with Gasteiger partial charge in [-0.15, -0.1) is 0 Å². The van der Waals surface area contributed by atoms with Gasteiger partial charge in [-0.1, -0.05) is 25.5 Å². The molecule has 7 heteroatoms. The van der Waals surface area contributed by atoms with Crippen molar-refractivity contribution in [2.24, 2.45) is 0 Å². The molecular formula is C23H22N2O5. The number of unbranched alkanes of at least 4 members (excludes halogenated alkanes) is 1. The van der Waals surface area contributed by atoms with Crippen LogP contribution in [0.5, 0.6) is 11.6 Å². The molecule has 1 N–H and O–H groups in total. The number of ketones is 1. The second-order valence-corrected chi connectivity index (χ2v) is 6.84. The largest absolute Gasteiger partial charge is 0.494 e. The maximum absolute atomic E-state index is 13.2. The van der Waals surface area contributed by atoms with E-state index in [9.17, 15) is 20.0 Å². The minimum atomic E-state index is -0.683. The third kappa shape index (κ3) is 4.13. The van der Waals surface area contributed by atoms with E-state index in [2.05, 4.69) is 6.92 Å². The second-order valence-electron chi connectivity index (χ2n) is 6.84. The summed E-state index contributed by atoms with van der Waals surface area (Å²) in [4.78, 5) is 25.9. The van der Waals surface area contributed by atoms with E-state index < -0.39 is 17.2 Å². The molecule has 0 atom stereocenters. The SMILES string of the molecule is CCCCOc1cccc(C(=O)c2c(C)c(C#N)c(=O)n(Cc3ccco3)c2O)c1. The molecule has 2 aromatic heterocycles. The van der Waals surface area contributed by atoms with Gasteiger partial charge in [-0.2, -0.15) is 5.26 Å². The normalized spacial score (nSPS) is 10.6. The van der Waals surface area contributed by atoms with Crippen molar-refractivity contribution in [2.75, 3.05) is 6.61 Å². The van der Waals surface area contributed by atoms with Crippen LogP contribution in [0.3, 0.4) is 0 Å². The molecule has 0 unspecified atom stereocenters. The van der Waals surface area contributed by atoms with Crippen LogP contribution in [0.25, 0.3) is 0 Å². The molecule has 0 aliphatic heterocycles. The first-order valence-corrected chi connectivity index (χ1v) is 9.64. The molecule has 0 saturated heterocycles. The minimum absolute atomic E-state index is 0.0941. The quantitative estimate of drug-likeness (QED) is 0.451. The average molecular weight is 406 g/mol. The fourth-order valence-electron chi connectivity index (χ4n) is 3.13. The van der Waals surface area contributed by atoms with Crippen LogP contribution in [0.1, 0.15) is 52.6 Å². The van der Waals surface area contributed by atoms with Gasteiger partial charge in [0.2, 0.25) is 5.88 Å². The molecule has 7 nitrogen and oxygen atoms in total. The molecule has 0 aliphatic carbocycles. The van der Waals surface area contributed by atoms with Gasteiger partial charge >= 0.3 is 0 Å². The maximum atomic E-state index is 13.2. The van der Waals surface area contributed by atoms with Crippen LogP contribution >= 0.6 is 0 Å². The molecule has 0 amide bonds. The molecule has 0 saturated carbocycles. The summed E-state index contributed by atoms with van der Waals surface area (Å²) in [6.07, 6.45) is 3.31. The number of benzene rings is 1. The lowest BCUT2D eigenvalue weighted by Gasteiger charge is -2.15. The Morgan fingerprint density at radius 2 is 2.10 bits per heavy atom. The number of hydrogen-bond donors (Lipinski definition) is 1. The lowest BCUT2D eigenvalue weighted by Crippen LogP contribution is -2.27. The van der Waals surface area contributed by atoms with Crippen molar-refractivity contribution < 1.29 is 19.1 Å². The van der Waals surface area contributed by atoms with Gasteiger partial charge in [-0.3, -0.25) is 14.2 Å². The molecule has 3 aromatic rings. The smallest absolute Gasteiger partial charge is 0.271 e. The van der Waals surface area contributed by atoms with Gasteiger partial charge in [0.05, 0.1) is 25.0 Å². The van der Waals surface area contributed by atoms with E-state index in [0.717, 1.165) is 17.4 Å². The van der Waals surface area contributed by atoms with Crippen molar-refractivity contribution in [1.29, 1.82) is 5.26 Å². The number of pyridine rings is 1. The molecule has 3 rings (SSSR count). The summed E-state index contributed by atoms with van der Waals surface area (Å²) in [7, 11) is 0. The van der Waals surface area contributed by atoms with Crippen LogP contribution in [0.2, 0.25) is 0 Å². The molecule has 154 valence electrons. The number of nitrogens with zero attached hydrogens (tertiary/aromatic N) is 2. The summed E-state index contributed by atoms with van der Waals surface area (Å²) in [5.74, 6) is -0.0634. The summed E-state index contributed by atoms with van der Waals surface area (Å²) < 4.78 is 11.9. The summed E-state index contributed by atoms with van der Waals surface area (Å²) in [6.45, 7) is 3.96. The van der Waals surface area contributed by atoms with Crippen LogP contribution < -0.4 is 10.3 Å². The van der Waals surface area contributed by atoms with Crippen LogP contribution in [0.4, 0.5) is 0 Å². The molecule has 0 radical (unpaired) electrons. The van der Waals surface area contributed by atoms with Crippen LogP contribution in [-0.2, 0) is 6.54 Å². The fourth-order valence-corrected chi connectivity index (χ4v) is 3.13. The Hall–Kier alpha value is -3.79. The van der Waals surface area contributed by atoms with E-state index in [0.29, 0.717) is 18.1 Å². The Bertz CT molecular complexity index is 1150. The zero-order valence-corrected chi connectivity index (χ0v) is 16.8. The highest BCUT2D eigenvalue weighted by Gasteiger charge is 2.25. The molecule has 0 fully saturated rings. The molecule has 0 aliphatic rings. The summed E-state index contributed by atoms with van der Waals surface area (Å²) in [5, 5.41) is 20.3. The highest BCUT2D eigenvalue weighted by molar-refractivity contribution is 6.11. The van der Waals surface area contributed by atoms with Gasteiger partial charge in [0, 0.05) is 5.56 Å². The van der Waals surface area contributed by atoms with Crippen molar-refractivity contribution in [1.82, 2.24) is 4.57 Å². The number of aromatic hydroxyl groups is 1.